The van der Waals surface area contributed by atoms with Crippen molar-refractivity contribution < 1.29 is 14.6 Å². The fraction of sp³-hybridized carbons (Fsp3) is 0.250. The molecule has 0 radical (unpaired) electrons. The molecule has 0 aromatic heterocycles. The Labute approximate surface area is 88.7 Å². The van der Waals surface area contributed by atoms with E-state index < -0.39 is 5.97 Å². The Morgan fingerprint density at radius 2 is 1.93 bits per heavy atom. The van der Waals surface area contributed by atoms with Crippen molar-refractivity contribution in [3.8, 4) is 11.8 Å². The van der Waals surface area contributed by atoms with Gasteiger partial charge in [-0.05, 0) is 11.1 Å². The van der Waals surface area contributed by atoms with Gasteiger partial charge in [0.15, 0.2) is 0 Å². The highest BCUT2D eigenvalue weighted by molar-refractivity contribution is 5.88. The molecule has 1 aromatic carbocycles. The quantitative estimate of drug-likeness (QED) is 0.442. The maximum absolute atomic E-state index is 10.7. The van der Waals surface area contributed by atoms with E-state index in [0.717, 1.165) is 11.1 Å². The molecular weight excluding hydrogens is 192 g/mol. The number of esters is 1. The fourth-order valence-electron chi connectivity index (χ4n) is 1.03. The van der Waals surface area contributed by atoms with E-state index >= 15 is 0 Å². The summed E-state index contributed by atoms with van der Waals surface area (Å²) in [4.78, 5) is 10.7. The molecule has 3 heteroatoms. The first-order valence-corrected chi connectivity index (χ1v) is 4.51. The summed E-state index contributed by atoms with van der Waals surface area (Å²) in [7, 11) is 1.30. The van der Waals surface area contributed by atoms with Crippen LogP contribution in [0.4, 0.5) is 0 Å². The van der Waals surface area contributed by atoms with Crippen molar-refractivity contribution in [2.45, 2.75) is 13.0 Å². The van der Waals surface area contributed by atoms with E-state index in [4.69, 9.17) is 5.11 Å². The molecule has 1 aromatic rings. The lowest BCUT2D eigenvalue weighted by Crippen LogP contribution is -1.94. The highest BCUT2D eigenvalue weighted by Gasteiger charge is 1.92. The number of ether oxygens (including phenoxy) is 1. The monoisotopic (exact) mass is 204 g/mol. The molecule has 0 unspecified atom stereocenters. The summed E-state index contributed by atoms with van der Waals surface area (Å²) >= 11 is 0. The van der Waals surface area contributed by atoms with Gasteiger partial charge in [0.2, 0.25) is 0 Å². The molecule has 0 spiro atoms. The Bertz CT molecular complexity index is 382. The minimum absolute atomic E-state index is 0.0358. The fourth-order valence-corrected chi connectivity index (χ4v) is 1.03. The Kier molecular flexibility index (Phi) is 4.39. The number of carbonyl (C=O) groups excluding carboxylic acids is 1. The summed E-state index contributed by atoms with van der Waals surface area (Å²) < 4.78 is 4.38. The topological polar surface area (TPSA) is 46.5 Å². The average molecular weight is 204 g/mol. The predicted octanol–water partition coefficient (Wildman–Crippen LogP) is 0.898. The van der Waals surface area contributed by atoms with Crippen LogP contribution in [0.25, 0.3) is 0 Å². The van der Waals surface area contributed by atoms with E-state index in [0.29, 0.717) is 6.42 Å². The Morgan fingerprint density at radius 1 is 1.33 bits per heavy atom. The normalized spacial score (nSPS) is 8.93. The molecule has 0 atom stereocenters. The molecule has 0 saturated heterocycles. The molecule has 0 heterocycles. The van der Waals surface area contributed by atoms with Gasteiger partial charge in [-0.25, -0.2) is 4.79 Å². The average Bonchev–Trinajstić information content (AvgIpc) is 2.29. The second kappa shape index (κ2) is 5.84. The van der Waals surface area contributed by atoms with Gasteiger partial charge in [0, 0.05) is 12.3 Å². The van der Waals surface area contributed by atoms with Crippen LogP contribution in [0.3, 0.4) is 0 Å². The highest BCUT2D eigenvalue weighted by Crippen LogP contribution is 2.04. The van der Waals surface area contributed by atoms with Crippen LogP contribution in [-0.2, 0) is 22.6 Å². The van der Waals surface area contributed by atoms with Gasteiger partial charge >= 0.3 is 5.97 Å². The van der Waals surface area contributed by atoms with E-state index in [1.807, 2.05) is 24.3 Å². The minimum atomic E-state index is -0.526. The first kappa shape index (κ1) is 11.3. The van der Waals surface area contributed by atoms with Crippen molar-refractivity contribution in [1.29, 1.82) is 0 Å². The van der Waals surface area contributed by atoms with Gasteiger partial charge in [-0.3, -0.25) is 0 Å². The Hall–Kier alpha value is -1.79. The predicted molar refractivity (Wildman–Crippen MR) is 55.9 cm³/mol. The molecule has 0 saturated carbocycles. The van der Waals surface area contributed by atoms with Gasteiger partial charge < -0.3 is 9.84 Å². The summed E-state index contributed by atoms with van der Waals surface area (Å²) in [6.45, 7) is 0.0358. The third-order valence-corrected chi connectivity index (χ3v) is 1.87. The molecule has 0 amide bonds. The number of methoxy groups -OCH3 is 1. The molecule has 3 nitrogen and oxygen atoms in total. The molecule has 0 aliphatic heterocycles. The summed E-state index contributed by atoms with van der Waals surface area (Å²) in [5.41, 5.74) is 1.86. The Morgan fingerprint density at radius 3 is 2.47 bits per heavy atom. The molecule has 1 N–H and O–H groups in total. The lowest BCUT2D eigenvalue weighted by molar-refractivity contribution is -0.133. The summed E-state index contributed by atoms with van der Waals surface area (Å²) in [5.74, 6) is 4.53. The van der Waals surface area contributed by atoms with Crippen LogP contribution in [0.1, 0.15) is 11.1 Å². The smallest absolute Gasteiger partial charge is 0.384 e. The van der Waals surface area contributed by atoms with Crippen molar-refractivity contribution in [3.05, 3.63) is 35.4 Å². The zero-order valence-corrected chi connectivity index (χ0v) is 8.49. The highest BCUT2D eigenvalue weighted by atomic mass is 16.5. The third-order valence-electron chi connectivity index (χ3n) is 1.87. The number of aliphatic hydroxyl groups is 1. The van der Waals surface area contributed by atoms with Crippen LogP contribution < -0.4 is 0 Å². The zero-order valence-electron chi connectivity index (χ0n) is 8.49. The summed E-state index contributed by atoms with van der Waals surface area (Å²) in [6, 6.07) is 7.40. The lowest BCUT2D eigenvalue weighted by Gasteiger charge is -1.97. The maximum atomic E-state index is 10.7. The van der Waals surface area contributed by atoms with Crippen LogP contribution in [0.2, 0.25) is 0 Å². The van der Waals surface area contributed by atoms with Gasteiger partial charge in [-0.2, -0.15) is 0 Å². The van der Waals surface area contributed by atoms with Gasteiger partial charge in [-0.1, -0.05) is 30.2 Å². The van der Waals surface area contributed by atoms with Crippen molar-refractivity contribution in [2.24, 2.45) is 0 Å². The van der Waals surface area contributed by atoms with E-state index in [1.165, 1.54) is 7.11 Å². The largest absolute Gasteiger partial charge is 0.459 e. The second-order valence-electron chi connectivity index (χ2n) is 2.94. The molecule has 0 fully saturated rings. The van der Waals surface area contributed by atoms with Gasteiger partial charge in [0.1, 0.15) is 0 Å². The Balaban J connectivity index is 2.57. The van der Waals surface area contributed by atoms with Gasteiger partial charge in [0.05, 0.1) is 13.7 Å². The summed E-state index contributed by atoms with van der Waals surface area (Å²) in [6.07, 6.45) is 0.501. The minimum Gasteiger partial charge on any atom is -0.459 e. The second-order valence-corrected chi connectivity index (χ2v) is 2.94. The number of aliphatic hydroxyl groups excluding tert-OH is 1. The number of benzene rings is 1. The van der Waals surface area contributed by atoms with Crippen molar-refractivity contribution in [1.82, 2.24) is 0 Å². The van der Waals surface area contributed by atoms with Crippen LogP contribution in [0, 0.1) is 11.8 Å². The lowest BCUT2D eigenvalue weighted by atomic mass is 10.1. The van der Waals surface area contributed by atoms with Crippen LogP contribution in [0.5, 0.6) is 0 Å². The van der Waals surface area contributed by atoms with Gasteiger partial charge in [0.25, 0.3) is 0 Å². The number of hydrogen-bond donors (Lipinski definition) is 1. The molecule has 1 rings (SSSR count). The molecule has 78 valence electrons. The first-order chi connectivity index (χ1) is 7.26. The number of hydrogen-bond acceptors (Lipinski definition) is 3. The van der Waals surface area contributed by atoms with Crippen molar-refractivity contribution in [3.63, 3.8) is 0 Å². The molecule has 0 aliphatic rings. The molecule has 0 aliphatic carbocycles. The van der Waals surface area contributed by atoms with E-state index in [1.54, 1.807) is 0 Å². The first-order valence-electron chi connectivity index (χ1n) is 4.51. The van der Waals surface area contributed by atoms with Crippen molar-refractivity contribution in [2.75, 3.05) is 7.11 Å². The standard InChI is InChI=1S/C12H12O3/c1-15-12(14)4-2-3-10-5-7-11(9-13)8-6-10/h5-8,13H,3,9H2,1H3. The van der Waals surface area contributed by atoms with E-state index in [9.17, 15) is 4.79 Å². The third kappa shape index (κ3) is 3.84. The maximum Gasteiger partial charge on any atom is 0.384 e. The molecular formula is C12H12O3. The zero-order chi connectivity index (χ0) is 11.1. The van der Waals surface area contributed by atoms with Gasteiger partial charge in [-0.15, -0.1) is 0 Å². The van der Waals surface area contributed by atoms with Crippen molar-refractivity contribution >= 4 is 5.97 Å². The number of rotatable bonds is 2. The van der Waals surface area contributed by atoms with Crippen LogP contribution in [0.15, 0.2) is 24.3 Å². The molecule has 15 heavy (non-hydrogen) atoms. The van der Waals surface area contributed by atoms with Crippen LogP contribution >= 0.6 is 0 Å². The molecule has 0 bridgehead atoms. The summed E-state index contributed by atoms with van der Waals surface area (Å²) in [5, 5.41) is 8.82. The van der Waals surface area contributed by atoms with E-state index in [-0.39, 0.29) is 6.61 Å². The number of carbonyl (C=O) groups is 1. The van der Waals surface area contributed by atoms with Crippen LogP contribution in [-0.4, -0.2) is 18.2 Å². The van der Waals surface area contributed by atoms with E-state index in [2.05, 4.69) is 16.6 Å². The SMILES string of the molecule is COC(=O)C#CCc1ccc(CO)cc1.